The molecule has 0 aliphatic carbocycles. The Hall–Kier alpha value is -1.95. The zero-order valence-electron chi connectivity index (χ0n) is 11.7. The van der Waals surface area contributed by atoms with Crippen LogP contribution in [0.15, 0.2) is 18.3 Å². The van der Waals surface area contributed by atoms with Gasteiger partial charge in [0.15, 0.2) is 5.65 Å². The lowest BCUT2D eigenvalue weighted by atomic mass is 10.0. The second kappa shape index (κ2) is 4.86. The Kier molecular flexibility index (Phi) is 3.17. The molecule has 6 heteroatoms. The Bertz CT molecular complexity index is 644. The Balaban J connectivity index is 1.80. The molecule has 3 rings (SSSR count). The molecule has 20 heavy (non-hydrogen) atoms. The lowest BCUT2D eigenvalue weighted by Gasteiger charge is -2.23. The SMILES string of the molecule is Cc1cc(C(=O)NC[C@]2(C)CCCO2)n2nccc2n1. The molecule has 1 saturated heterocycles. The first kappa shape index (κ1) is 13.1. The van der Waals surface area contributed by atoms with Gasteiger partial charge in [0.05, 0.1) is 11.8 Å². The van der Waals surface area contributed by atoms with Crippen LogP contribution >= 0.6 is 0 Å². The summed E-state index contributed by atoms with van der Waals surface area (Å²) < 4.78 is 7.23. The standard InChI is InChI=1S/C14H18N4O2/c1-10-8-11(18-12(17-10)4-6-16-18)13(19)15-9-14(2)5-3-7-20-14/h4,6,8H,3,5,7,9H2,1-2H3,(H,15,19)/t14-/m0/s1. The summed E-state index contributed by atoms with van der Waals surface area (Å²) in [6.45, 7) is 5.17. The van der Waals surface area contributed by atoms with E-state index in [0.29, 0.717) is 17.9 Å². The second-order valence-corrected chi connectivity index (χ2v) is 5.47. The van der Waals surface area contributed by atoms with Gasteiger partial charge in [-0.2, -0.15) is 5.10 Å². The molecular formula is C14H18N4O2. The number of carbonyl (C=O) groups is 1. The highest BCUT2D eigenvalue weighted by molar-refractivity contribution is 5.93. The number of hydrogen-bond donors (Lipinski definition) is 1. The number of fused-ring (bicyclic) bond motifs is 1. The number of hydrogen-bond acceptors (Lipinski definition) is 4. The van der Waals surface area contributed by atoms with E-state index < -0.39 is 0 Å². The van der Waals surface area contributed by atoms with Gasteiger partial charge in [-0.1, -0.05) is 0 Å². The third-order valence-electron chi connectivity index (χ3n) is 3.64. The number of rotatable bonds is 3. The van der Waals surface area contributed by atoms with Crippen LogP contribution in [-0.2, 0) is 4.74 Å². The predicted octanol–water partition coefficient (Wildman–Crippen LogP) is 1.34. The summed E-state index contributed by atoms with van der Waals surface area (Å²) in [5.74, 6) is -0.152. The molecule has 0 unspecified atom stereocenters. The highest BCUT2D eigenvalue weighted by Gasteiger charge is 2.30. The number of amides is 1. The van der Waals surface area contributed by atoms with Crippen LogP contribution in [0, 0.1) is 6.92 Å². The summed E-state index contributed by atoms with van der Waals surface area (Å²) in [7, 11) is 0. The smallest absolute Gasteiger partial charge is 0.270 e. The molecular weight excluding hydrogens is 256 g/mol. The quantitative estimate of drug-likeness (QED) is 0.917. The van der Waals surface area contributed by atoms with Gasteiger partial charge >= 0.3 is 0 Å². The monoisotopic (exact) mass is 274 g/mol. The summed E-state index contributed by atoms with van der Waals surface area (Å²) in [6.07, 6.45) is 3.66. The highest BCUT2D eigenvalue weighted by atomic mass is 16.5. The first-order valence-corrected chi connectivity index (χ1v) is 6.81. The molecule has 0 bridgehead atoms. The highest BCUT2D eigenvalue weighted by Crippen LogP contribution is 2.24. The maximum atomic E-state index is 12.4. The predicted molar refractivity (Wildman–Crippen MR) is 73.6 cm³/mol. The normalized spacial score (nSPS) is 22.3. The molecule has 2 aromatic heterocycles. The second-order valence-electron chi connectivity index (χ2n) is 5.47. The first-order chi connectivity index (χ1) is 9.57. The molecule has 1 fully saturated rings. The number of nitrogens with zero attached hydrogens (tertiary/aromatic N) is 3. The minimum atomic E-state index is -0.249. The average Bonchev–Trinajstić information content (AvgIpc) is 3.04. The summed E-state index contributed by atoms with van der Waals surface area (Å²) in [4.78, 5) is 16.7. The van der Waals surface area contributed by atoms with Crippen molar-refractivity contribution in [2.75, 3.05) is 13.2 Å². The van der Waals surface area contributed by atoms with Crippen molar-refractivity contribution in [3.05, 3.63) is 29.7 Å². The summed E-state index contributed by atoms with van der Waals surface area (Å²) >= 11 is 0. The topological polar surface area (TPSA) is 68.5 Å². The molecule has 1 N–H and O–H groups in total. The van der Waals surface area contributed by atoms with E-state index in [-0.39, 0.29) is 11.5 Å². The Morgan fingerprint density at radius 3 is 3.20 bits per heavy atom. The third-order valence-corrected chi connectivity index (χ3v) is 3.64. The molecule has 0 saturated carbocycles. The van der Waals surface area contributed by atoms with Gasteiger partial charge in [0, 0.05) is 24.9 Å². The average molecular weight is 274 g/mol. The van der Waals surface area contributed by atoms with Gasteiger partial charge in [-0.25, -0.2) is 9.50 Å². The van der Waals surface area contributed by atoms with E-state index in [4.69, 9.17) is 4.74 Å². The van der Waals surface area contributed by atoms with Gasteiger partial charge in [-0.3, -0.25) is 4.79 Å². The molecule has 2 aromatic rings. The third kappa shape index (κ3) is 2.38. The van der Waals surface area contributed by atoms with E-state index in [2.05, 4.69) is 15.4 Å². The number of aryl methyl sites for hydroxylation is 1. The van der Waals surface area contributed by atoms with Crippen molar-refractivity contribution in [1.82, 2.24) is 19.9 Å². The zero-order valence-corrected chi connectivity index (χ0v) is 11.7. The van der Waals surface area contributed by atoms with Crippen LogP contribution in [0.3, 0.4) is 0 Å². The van der Waals surface area contributed by atoms with Crippen LogP contribution in [0.4, 0.5) is 0 Å². The summed E-state index contributed by atoms with van der Waals surface area (Å²) in [6, 6.07) is 3.53. The molecule has 106 valence electrons. The maximum absolute atomic E-state index is 12.4. The first-order valence-electron chi connectivity index (χ1n) is 6.81. The van der Waals surface area contributed by atoms with Crippen molar-refractivity contribution >= 4 is 11.6 Å². The van der Waals surface area contributed by atoms with E-state index in [9.17, 15) is 4.79 Å². The van der Waals surface area contributed by atoms with Crippen molar-refractivity contribution in [2.24, 2.45) is 0 Å². The van der Waals surface area contributed by atoms with E-state index >= 15 is 0 Å². The van der Waals surface area contributed by atoms with Crippen LogP contribution in [0.2, 0.25) is 0 Å². The van der Waals surface area contributed by atoms with E-state index in [0.717, 1.165) is 25.1 Å². The Labute approximate surface area is 117 Å². The minimum Gasteiger partial charge on any atom is -0.373 e. The molecule has 1 aliphatic rings. The number of nitrogens with one attached hydrogen (secondary N) is 1. The van der Waals surface area contributed by atoms with Crippen LogP contribution < -0.4 is 5.32 Å². The van der Waals surface area contributed by atoms with E-state index in [1.54, 1.807) is 22.8 Å². The van der Waals surface area contributed by atoms with Crippen LogP contribution in [-0.4, -0.2) is 39.3 Å². The molecule has 1 aliphatic heterocycles. The molecule has 6 nitrogen and oxygen atoms in total. The fourth-order valence-corrected chi connectivity index (χ4v) is 2.53. The van der Waals surface area contributed by atoms with Crippen molar-refractivity contribution in [2.45, 2.75) is 32.3 Å². The van der Waals surface area contributed by atoms with Gasteiger partial charge in [0.25, 0.3) is 5.91 Å². The molecule has 0 spiro atoms. The van der Waals surface area contributed by atoms with Crippen molar-refractivity contribution in [3.8, 4) is 0 Å². The van der Waals surface area contributed by atoms with Crippen LogP contribution in [0.1, 0.15) is 35.9 Å². The molecule has 3 heterocycles. The van der Waals surface area contributed by atoms with E-state index in [1.807, 2.05) is 13.8 Å². The van der Waals surface area contributed by atoms with Crippen molar-refractivity contribution in [1.29, 1.82) is 0 Å². The van der Waals surface area contributed by atoms with Crippen LogP contribution in [0.5, 0.6) is 0 Å². The van der Waals surface area contributed by atoms with Gasteiger partial charge in [-0.05, 0) is 32.8 Å². The zero-order chi connectivity index (χ0) is 14.2. The molecule has 1 atom stereocenters. The largest absolute Gasteiger partial charge is 0.373 e. The number of carbonyl (C=O) groups excluding carboxylic acids is 1. The Morgan fingerprint density at radius 2 is 2.45 bits per heavy atom. The minimum absolute atomic E-state index is 0.152. The molecule has 0 aromatic carbocycles. The molecule has 0 radical (unpaired) electrons. The van der Waals surface area contributed by atoms with Gasteiger partial charge in [0.1, 0.15) is 5.69 Å². The van der Waals surface area contributed by atoms with Crippen molar-refractivity contribution in [3.63, 3.8) is 0 Å². The van der Waals surface area contributed by atoms with Gasteiger partial charge in [0.2, 0.25) is 0 Å². The molecule has 1 amide bonds. The fourth-order valence-electron chi connectivity index (χ4n) is 2.53. The lowest BCUT2D eigenvalue weighted by Crippen LogP contribution is -2.40. The number of aromatic nitrogens is 3. The van der Waals surface area contributed by atoms with Gasteiger partial charge < -0.3 is 10.1 Å². The van der Waals surface area contributed by atoms with E-state index in [1.165, 1.54) is 0 Å². The fraction of sp³-hybridized carbons (Fsp3) is 0.500. The number of ether oxygens (including phenoxy) is 1. The van der Waals surface area contributed by atoms with Crippen molar-refractivity contribution < 1.29 is 9.53 Å². The van der Waals surface area contributed by atoms with Crippen LogP contribution in [0.25, 0.3) is 5.65 Å². The summed E-state index contributed by atoms with van der Waals surface area (Å²) in [5.41, 5.74) is 1.73. The van der Waals surface area contributed by atoms with Gasteiger partial charge in [-0.15, -0.1) is 0 Å². The Morgan fingerprint density at radius 1 is 1.60 bits per heavy atom. The maximum Gasteiger partial charge on any atom is 0.270 e. The summed E-state index contributed by atoms with van der Waals surface area (Å²) in [5, 5.41) is 7.08. The lowest BCUT2D eigenvalue weighted by molar-refractivity contribution is 0.0205.